The minimum atomic E-state index is -0.618. The number of piperazine rings is 1. The molecule has 0 aromatic heterocycles. The predicted molar refractivity (Wildman–Crippen MR) is 64.3 cm³/mol. The fraction of sp³-hybridized carbons (Fsp3) is 0.833. The van der Waals surface area contributed by atoms with Gasteiger partial charge in [-0.05, 0) is 12.3 Å². The highest BCUT2D eigenvalue weighted by Crippen LogP contribution is 2.20. The highest BCUT2D eigenvalue weighted by Gasteiger charge is 2.32. The van der Waals surface area contributed by atoms with E-state index in [1.54, 1.807) is 0 Å². The third kappa shape index (κ3) is 3.43. The molecule has 1 N–H and O–H groups in total. The Labute approximate surface area is 102 Å². The van der Waals surface area contributed by atoms with Crippen molar-refractivity contribution in [3.8, 4) is 0 Å². The summed E-state index contributed by atoms with van der Waals surface area (Å²) in [6.45, 7) is 8.58. The first-order valence-electron chi connectivity index (χ1n) is 5.99. The topological polar surface area (TPSA) is 60.9 Å². The number of aliphatic hydroxyl groups excluding tert-OH is 1. The molecule has 1 unspecified atom stereocenters. The Balaban J connectivity index is 2.62. The van der Waals surface area contributed by atoms with Gasteiger partial charge in [0.05, 0.1) is 19.2 Å². The van der Waals surface area contributed by atoms with Crippen molar-refractivity contribution >= 4 is 11.8 Å². The fourth-order valence-corrected chi connectivity index (χ4v) is 1.64. The zero-order valence-electron chi connectivity index (χ0n) is 11.1. The molecule has 1 fully saturated rings. The van der Waals surface area contributed by atoms with E-state index in [2.05, 4.69) is 0 Å². The van der Waals surface area contributed by atoms with Gasteiger partial charge in [-0.25, -0.2) is 0 Å². The second-order valence-corrected chi connectivity index (χ2v) is 5.56. The first-order chi connectivity index (χ1) is 7.75. The molecule has 0 aliphatic carbocycles. The Morgan fingerprint density at radius 1 is 1.18 bits per heavy atom. The molecule has 2 amide bonds. The van der Waals surface area contributed by atoms with Gasteiger partial charge in [-0.15, -0.1) is 0 Å². The molecule has 1 aliphatic heterocycles. The molecule has 1 saturated heterocycles. The van der Waals surface area contributed by atoms with Gasteiger partial charge in [0.1, 0.15) is 0 Å². The standard InChI is InChI=1S/C12H22N2O3/c1-5-13-7-11(17)14(8-10(13)16)6-9(15)12(2,3)4/h9,15H,5-8H2,1-4H3. The highest BCUT2D eigenvalue weighted by atomic mass is 16.3. The first kappa shape index (κ1) is 14.0. The first-order valence-corrected chi connectivity index (χ1v) is 5.99. The molecule has 1 aliphatic rings. The van der Waals surface area contributed by atoms with Crippen molar-refractivity contribution in [3.05, 3.63) is 0 Å². The minimum absolute atomic E-state index is 0.0480. The Morgan fingerprint density at radius 2 is 1.65 bits per heavy atom. The maximum absolute atomic E-state index is 11.8. The number of amides is 2. The molecule has 0 aromatic carbocycles. The molecule has 5 heteroatoms. The SMILES string of the molecule is CCN1CC(=O)N(CC(O)C(C)(C)C)CC1=O. The zero-order valence-corrected chi connectivity index (χ0v) is 11.1. The molecule has 5 nitrogen and oxygen atoms in total. The molecule has 1 rings (SSSR count). The lowest BCUT2D eigenvalue weighted by molar-refractivity contribution is -0.151. The van der Waals surface area contributed by atoms with E-state index in [4.69, 9.17) is 0 Å². The molecule has 17 heavy (non-hydrogen) atoms. The molecule has 0 bridgehead atoms. The van der Waals surface area contributed by atoms with Crippen molar-refractivity contribution < 1.29 is 14.7 Å². The number of rotatable bonds is 3. The molecule has 1 heterocycles. The van der Waals surface area contributed by atoms with E-state index in [1.165, 1.54) is 9.80 Å². The van der Waals surface area contributed by atoms with Crippen molar-refractivity contribution in [3.63, 3.8) is 0 Å². The van der Waals surface area contributed by atoms with Crippen LogP contribution >= 0.6 is 0 Å². The van der Waals surface area contributed by atoms with Crippen LogP contribution in [-0.2, 0) is 9.59 Å². The van der Waals surface area contributed by atoms with E-state index in [0.717, 1.165) is 0 Å². The summed E-state index contributed by atoms with van der Waals surface area (Å²) in [4.78, 5) is 26.4. The van der Waals surface area contributed by atoms with Crippen LogP contribution in [0.3, 0.4) is 0 Å². The van der Waals surface area contributed by atoms with Crippen LogP contribution in [0.25, 0.3) is 0 Å². The molecule has 0 radical (unpaired) electrons. The lowest BCUT2D eigenvalue weighted by Crippen LogP contribution is -2.56. The molecule has 0 spiro atoms. The van der Waals surface area contributed by atoms with Crippen molar-refractivity contribution in [2.45, 2.75) is 33.8 Å². The van der Waals surface area contributed by atoms with E-state index in [0.29, 0.717) is 6.54 Å². The Bertz CT molecular complexity index is 309. The van der Waals surface area contributed by atoms with Crippen LogP contribution in [0.2, 0.25) is 0 Å². The summed E-state index contributed by atoms with van der Waals surface area (Å²) in [5, 5.41) is 9.95. The smallest absolute Gasteiger partial charge is 0.242 e. The highest BCUT2D eigenvalue weighted by molar-refractivity contribution is 5.92. The van der Waals surface area contributed by atoms with Crippen molar-refractivity contribution in [1.29, 1.82) is 0 Å². The van der Waals surface area contributed by atoms with Crippen LogP contribution in [-0.4, -0.2) is 59.0 Å². The number of β-amino-alcohol motifs (C(OH)–C–C–N with tert-alkyl or cyclic N) is 1. The Morgan fingerprint density at radius 3 is 2.12 bits per heavy atom. The average Bonchev–Trinajstić information content (AvgIpc) is 2.21. The summed E-state index contributed by atoms with van der Waals surface area (Å²) in [6.07, 6.45) is -0.618. The summed E-state index contributed by atoms with van der Waals surface area (Å²) in [6, 6.07) is 0. The zero-order chi connectivity index (χ0) is 13.2. The Hall–Kier alpha value is -1.10. The number of hydrogen-bond donors (Lipinski definition) is 1. The fourth-order valence-electron chi connectivity index (χ4n) is 1.64. The van der Waals surface area contributed by atoms with Crippen LogP contribution in [0.5, 0.6) is 0 Å². The predicted octanol–water partition coefficient (Wildman–Crippen LogP) is 0.0841. The van der Waals surface area contributed by atoms with E-state index in [9.17, 15) is 14.7 Å². The molecule has 0 saturated carbocycles. The molecule has 1 atom stereocenters. The number of likely N-dealkylation sites (N-methyl/N-ethyl adjacent to an activating group) is 1. The van der Waals surface area contributed by atoms with Gasteiger partial charge in [0.15, 0.2) is 0 Å². The summed E-state index contributed by atoms with van der Waals surface area (Å²) in [5.41, 5.74) is -0.286. The lowest BCUT2D eigenvalue weighted by atomic mass is 9.89. The number of carbonyl (C=O) groups is 2. The van der Waals surface area contributed by atoms with E-state index < -0.39 is 6.10 Å². The Kier molecular flexibility index (Phi) is 4.14. The maximum atomic E-state index is 11.8. The number of hydrogen-bond acceptors (Lipinski definition) is 3. The minimum Gasteiger partial charge on any atom is -0.391 e. The maximum Gasteiger partial charge on any atom is 0.242 e. The van der Waals surface area contributed by atoms with Gasteiger partial charge in [0.2, 0.25) is 11.8 Å². The summed E-state index contributed by atoms with van der Waals surface area (Å²) < 4.78 is 0. The second-order valence-electron chi connectivity index (χ2n) is 5.56. The third-order valence-electron chi connectivity index (χ3n) is 3.13. The number of carbonyl (C=O) groups excluding carboxylic acids is 2. The van der Waals surface area contributed by atoms with E-state index in [1.807, 2.05) is 27.7 Å². The van der Waals surface area contributed by atoms with Crippen molar-refractivity contribution in [1.82, 2.24) is 9.80 Å². The van der Waals surface area contributed by atoms with Gasteiger partial charge in [-0.3, -0.25) is 9.59 Å². The number of nitrogens with zero attached hydrogens (tertiary/aromatic N) is 2. The van der Waals surface area contributed by atoms with Crippen LogP contribution < -0.4 is 0 Å². The van der Waals surface area contributed by atoms with Crippen LogP contribution in [0.1, 0.15) is 27.7 Å². The van der Waals surface area contributed by atoms with Crippen LogP contribution in [0, 0.1) is 5.41 Å². The summed E-state index contributed by atoms with van der Waals surface area (Å²) in [7, 11) is 0. The van der Waals surface area contributed by atoms with Crippen molar-refractivity contribution in [2.24, 2.45) is 5.41 Å². The van der Waals surface area contributed by atoms with Crippen LogP contribution in [0.4, 0.5) is 0 Å². The van der Waals surface area contributed by atoms with Crippen molar-refractivity contribution in [2.75, 3.05) is 26.2 Å². The monoisotopic (exact) mass is 242 g/mol. The molecular weight excluding hydrogens is 220 g/mol. The van der Waals surface area contributed by atoms with Gasteiger partial charge in [-0.1, -0.05) is 20.8 Å². The van der Waals surface area contributed by atoms with Gasteiger partial charge >= 0.3 is 0 Å². The summed E-state index contributed by atoms with van der Waals surface area (Å²) >= 11 is 0. The average molecular weight is 242 g/mol. The molecular formula is C12H22N2O3. The quantitative estimate of drug-likeness (QED) is 0.762. The van der Waals surface area contributed by atoms with Crippen LogP contribution in [0.15, 0.2) is 0 Å². The van der Waals surface area contributed by atoms with Gasteiger partial charge in [0.25, 0.3) is 0 Å². The molecule has 0 aromatic rings. The normalized spacial score (nSPS) is 19.8. The molecule has 98 valence electrons. The third-order valence-corrected chi connectivity index (χ3v) is 3.13. The van der Waals surface area contributed by atoms with Gasteiger partial charge in [-0.2, -0.15) is 0 Å². The van der Waals surface area contributed by atoms with E-state index >= 15 is 0 Å². The second kappa shape index (κ2) is 5.04. The summed E-state index contributed by atoms with van der Waals surface area (Å²) in [5.74, 6) is -0.136. The van der Waals surface area contributed by atoms with Gasteiger partial charge < -0.3 is 14.9 Å². The lowest BCUT2D eigenvalue weighted by Gasteiger charge is -2.36. The largest absolute Gasteiger partial charge is 0.391 e. The number of aliphatic hydroxyl groups is 1. The van der Waals surface area contributed by atoms with E-state index in [-0.39, 0.29) is 36.9 Å². The van der Waals surface area contributed by atoms with Gasteiger partial charge in [0, 0.05) is 13.1 Å².